The number of β-amino-alcohol motifs (C(OH)–C–C–N with tert-alkyl or cyclic N) is 1. The molecule has 0 radical (unpaired) electrons. The minimum absolute atomic E-state index is 0. The predicted octanol–water partition coefficient (Wildman–Crippen LogP) is 3.64. The Morgan fingerprint density at radius 1 is 1.19 bits per heavy atom. The second-order valence-corrected chi connectivity index (χ2v) is 7.03. The minimum Gasteiger partial charge on any atom is -0.507 e. The van der Waals surface area contributed by atoms with Crippen LogP contribution in [0.15, 0.2) is 48.5 Å². The number of hydrogen-bond acceptors (Lipinski definition) is 5. The number of aliphatic hydroxyl groups excluding tert-OH is 1. The fourth-order valence-electron chi connectivity index (χ4n) is 2.72. The summed E-state index contributed by atoms with van der Waals surface area (Å²) in [4.78, 5) is 11.7. The number of esters is 1. The van der Waals surface area contributed by atoms with Gasteiger partial charge in [-0.15, -0.1) is 12.4 Å². The number of rotatable bonds is 8. The lowest BCUT2D eigenvalue weighted by Gasteiger charge is -2.28. The van der Waals surface area contributed by atoms with Crippen LogP contribution in [0.2, 0.25) is 0 Å². The molecule has 0 fully saturated rings. The summed E-state index contributed by atoms with van der Waals surface area (Å²) in [6, 6.07) is 14.7. The Balaban J connectivity index is 0.00000364. The normalized spacial score (nSPS) is 12.1. The molecule has 2 aromatic carbocycles. The van der Waals surface area contributed by atoms with Gasteiger partial charge in [-0.3, -0.25) is 0 Å². The second kappa shape index (κ2) is 10.3. The van der Waals surface area contributed by atoms with E-state index in [0.717, 1.165) is 12.8 Å². The SMILES string of the molecule is COC(=O)c1cc(C(O)CNC(C)(C)CCc2ccccc2)ccc1O.Cl. The monoisotopic (exact) mass is 393 g/mol. The molecule has 6 heteroatoms. The predicted molar refractivity (Wildman–Crippen MR) is 108 cm³/mol. The number of ether oxygens (including phenoxy) is 1. The maximum Gasteiger partial charge on any atom is 0.341 e. The van der Waals surface area contributed by atoms with E-state index in [1.165, 1.54) is 24.8 Å². The molecule has 0 heterocycles. The van der Waals surface area contributed by atoms with Gasteiger partial charge in [0, 0.05) is 12.1 Å². The lowest BCUT2D eigenvalue weighted by Crippen LogP contribution is -2.42. The number of carbonyl (C=O) groups is 1. The molecule has 5 nitrogen and oxygen atoms in total. The molecule has 2 aromatic rings. The van der Waals surface area contributed by atoms with Crippen LogP contribution in [0.5, 0.6) is 5.75 Å². The summed E-state index contributed by atoms with van der Waals surface area (Å²) in [5, 5.41) is 23.6. The lowest BCUT2D eigenvalue weighted by atomic mass is 9.94. The Morgan fingerprint density at radius 3 is 2.48 bits per heavy atom. The molecule has 0 aliphatic rings. The van der Waals surface area contributed by atoms with Crippen LogP contribution in [0.4, 0.5) is 0 Å². The van der Waals surface area contributed by atoms with Crippen molar-refractivity contribution in [2.45, 2.75) is 38.3 Å². The third-order valence-electron chi connectivity index (χ3n) is 4.47. The highest BCUT2D eigenvalue weighted by Crippen LogP contribution is 2.23. The number of aliphatic hydroxyl groups is 1. The summed E-state index contributed by atoms with van der Waals surface area (Å²) >= 11 is 0. The number of phenols is 1. The van der Waals surface area contributed by atoms with Crippen molar-refractivity contribution < 1.29 is 19.7 Å². The van der Waals surface area contributed by atoms with Gasteiger partial charge in [0.1, 0.15) is 11.3 Å². The zero-order chi connectivity index (χ0) is 19.2. The van der Waals surface area contributed by atoms with Gasteiger partial charge in [0.05, 0.1) is 13.2 Å². The Hall–Kier alpha value is -2.08. The van der Waals surface area contributed by atoms with Crippen LogP contribution in [0.3, 0.4) is 0 Å². The van der Waals surface area contributed by atoms with Gasteiger partial charge >= 0.3 is 5.97 Å². The van der Waals surface area contributed by atoms with E-state index in [-0.39, 0.29) is 29.3 Å². The number of benzene rings is 2. The highest BCUT2D eigenvalue weighted by Gasteiger charge is 2.20. The molecule has 0 saturated heterocycles. The quantitative estimate of drug-likeness (QED) is 0.597. The molecule has 0 amide bonds. The van der Waals surface area contributed by atoms with E-state index in [1.807, 2.05) is 18.2 Å². The number of aryl methyl sites for hydroxylation is 1. The molecule has 148 valence electrons. The van der Waals surface area contributed by atoms with E-state index in [4.69, 9.17) is 0 Å². The molecule has 0 bridgehead atoms. The first-order chi connectivity index (χ1) is 12.3. The Kier molecular flexibility index (Phi) is 8.76. The van der Waals surface area contributed by atoms with Crippen LogP contribution in [0.1, 0.15) is 47.9 Å². The molecule has 0 aromatic heterocycles. The van der Waals surface area contributed by atoms with Crippen molar-refractivity contribution in [2.75, 3.05) is 13.7 Å². The second-order valence-electron chi connectivity index (χ2n) is 7.03. The van der Waals surface area contributed by atoms with Gasteiger partial charge in [-0.1, -0.05) is 36.4 Å². The van der Waals surface area contributed by atoms with Crippen molar-refractivity contribution in [1.29, 1.82) is 0 Å². The van der Waals surface area contributed by atoms with Gasteiger partial charge in [-0.05, 0) is 49.9 Å². The fraction of sp³-hybridized carbons (Fsp3) is 0.381. The molecule has 0 aliphatic heterocycles. The van der Waals surface area contributed by atoms with Crippen LogP contribution < -0.4 is 5.32 Å². The Labute approximate surface area is 166 Å². The van der Waals surface area contributed by atoms with Crippen LogP contribution >= 0.6 is 12.4 Å². The number of methoxy groups -OCH3 is 1. The standard InChI is InChI=1S/C21H27NO4.ClH/c1-21(2,12-11-15-7-5-4-6-8-15)22-14-19(24)16-9-10-18(23)17(13-16)20(25)26-3;/h4-10,13,19,22-24H,11-12,14H2,1-3H3;1H. The Morgan fingerprint density at radius 2 is 1.85 bits per heavy atom. The van der Waals surface area contributed by atoms with Crippen molar-refractivity contribution in [2.24, 2.45) is 0 Å². The number of nitrogens with one attached hydrogen (secondary N) is 1. The highest BCUT2D eigenvalue weighted by atomic mass is 35.5. The molecule has 2 rings (SSSR count). The van der Waals surface area contributed by atoms with Gasteiger partial charge in [0.15, 0.2) is 0 Å². The zero-order valence-corrected chi connectivity index (χ0v) is 16.8. The van der Waals surface area contributed by atoms with Crippen LogP contribution in [0, 0.1) is 0 Å². The maximum absolute atomic E-state index is 11.7. The molecule has 3 N–H and O–H groups in total. The summed E-state index contributed by atoms with van der Waals surface area (Å²) < 4.78 is 4.64. The summed E-state index contributed by atoms with van der Waals surface area (Å²) in [5.41, 5.74) is 1.73. The first-order valence-electron chi connectivity index (χ1n) is 8.70. The lowest BCUT2D eigenvalue weighted by molar-refractivity contribution is 0.0597. The summed E-state index contributed by atoms with van der Waals surface area (Å²) in [6.07, 6.45) is 1.07. The van der Waals surface area contributed by atoms with E-state index in [2.05, 4.69) is 36.0 Å². The smallest absolute Gasteiger partial charge is 0.341 e. The number of halogens is 1. The number of carbonyl (C=O) groups excluding carboxylic acids is 1. The molecule has 0 spiro atoms. The molecule has 1 unspecified atom stereocenters. The first kappa shape index (κ1) is 23.0. The summed E-state index contributed by atoms with van der Waals surface area (Å²) in [7, 11) is 1.25. The van der Waals surface area contributed by atoms with E-state index in [1.54, 1.807) is 6.07 Å². The largest absolute Gasteiger partial charge is 0.507 e. The third-order valence-corrected chi connectivity index (χ3v) is 4.47. The first-order valence-corrected chi connectivity index (χ1v) is 8.70. The number of hydrogen-bond donors (Lipinski definition) is 3. The Bertz CT molecular complexity index is 734. The van der Waals surface area contributed by atoms with Crippen LogP contribution in [0.25, 0.3) is 0 Å². The molecular weight excluding hydrogens is 366 g/mol. The molecule has 27 heavy (non-hydrogen) atoms. The fourth-order valence-corrected chi connectivity index (χ4v) is 2.72. The minimum atomic E-state index is -0.796. The van der Waals surface area contributed by atoms with E-state index < -0.39 is 12.1 Å². The average Bonchev–Trinajstić information content (AvgIpc) is 2.65. The van der Waals surface area contributed by atoms with Gasteiger partial charge in [-0.2, -0.15) is 0 Å². The molecule has 0 aliphatic carbocycles. The molecular formula is C21H28ClNO4. The van der Waals surface area contributed by atoms with E-state index in [0.29, 0.717) is 12.1 Å². The number of phenolic OH excluding ortho intramolecular Hbond substituents is 1. The van der Waals surface area contributed by atoms with E-state index >= 15 is 0 Å². The van der Waals surface area contributed by atoms with Gasteiger partial charge in [0.25, 0.3) is 0 Å². The van der Waals surface area contributed by atoms with Crippen molar-refractivity contribution >= 4 is 18.4 Å². The number of aromatic hydroxyl groups is 1. The van der Waals surface area contributed by atoms with E-state index in [9.17, 15) is 15.0 Å². The highest BCUT2D eigenvalue weighted by molar-refractivity contribution is 5.92. The van der Waals surface area contributed by atoms with Crippen LogP contribution in [-0.4, -0.2) is 35.4 Å². The zero-order valence-electron chi connectivity index (χ0n) is 15.9. The third kappa shape index (κ3) is 6.86. The van der Waals surface area contributed by atoms with Crippen molar-refractivity contribution in [3.8, 4) is 5.75 Å². The van der Waals surface area contributed by atoms with Crippen molar-refractivity contribution in [3.63, 3.8) is 0 Å². The topological polar surface area (TPSA) is 78.8 Å². The van der Waals surface area contributed by atoms with Crippen molar-refractivity contribution in [3.05, 3.63) is 65.2 Å². The van der Waals surface area contributed by atoms with Gasteiger partial charge < -0.3 is 20.3 Å². The summed E-state index contributed by atoms with van der Waals surface area (Å²) in [6.45, 7) is 4.53. The molecule has 1 atom stereocenters. The van der Waals surface area contributed by atoms with Gasteiger partial charge in [-0.25, -0.2) is 4.79 Å². The van der Waals surface area contributed by atoms with Gasteiger partial charge in [0.2, 0.25) is 0 Å². The van der Waals surface area contributed by atoms with Crippen LogP contribution in [-0.2, 0) is 11.2 Å². The molecule has 0 saturated carbocycles. The van der Waals surface area contributed by atoms with Crippen molar-refractivity contribution in [1.82, 2.24) is 5.32 Å². The average molecular weight is 394 g/mol. The maximum atomic E-state index is 11.7. The summed E-state index contributed by atoms with van der Waals surface area (Å²) in [5.74, 6) is -0.795.